The van der Waals surface area contributed by atoms with Crippen LogP contribution in [0.1, 0.15) is 29.2 Å². The summed E-state index contributed by atoms with van der Waals surface area (Å²) in [4.78, 5) is 0. The third-order valence-electron chi connectivity index (χ3n) is 3.86. The molecule has 0 spiro atoms. The molecule has 0 fully saturated rings. The molecule has 0 atom stereocenters. The van der Waals surface area contributed by atoms with Crippen LogP contribution in [0.4, 0.5) is 13.2 Å². The van der Waals surface area contributed by atoms with E-state index in [1.54, 1.807) is 20.1 Å². The average molecular weight is 359 g/mol. The summed E-state index contributed by atoms with van der Waals surface area (Å²) in [6.07, 6.45) is 0.847. The van der Waals surface area contributed by atoms with E-state index < -0.39 is 11.7 Å². The van der Waals surface area contributed by atoms with E-state index in [9.17, 15) is 13.2 Å². The van der Waals surface area contributed by atoms with Crippen molar-refractivity contribution in [1.82, 2.24) is 0 Å². The summed E-state index contributed by atoms with van der Waals surface area (Å²) in [6, 6.07) is 3.30. The van der Waals surface area contributed by atoms with Crippen LogP contribution in [0.2, 0.25) is 0 Å². The van der Waals surface area contributed by atoms with E-state index >= 15 is 0 Å². The van der Waals surface area contributed by atoms with E-state index in [-0.39, 0.29) is 0 Å². The maximum absolute atomic E-state index is 12.6. The number of hydrogen-bond donors (Lipinski definition) is 0. The van der Waals surface area contributed by atoms with Crippen LogP contribution >= 0.6 is 0 Å². The lowest BCUT2D eigenvalue weighted by molar-refractivity contribution is -0.0871. The Bertz CT molecular complexity index is 870. The van der Waals surface area contributed by atoms with E-state index in [4.69, 9.17) is 10.00 Å². The number of allylic oxidation sites excluding steroid dienone is 5. The topological polar surface area (TPSA) is 33.0 Å². The van der Waals surface area contributed by atoms with Gasteiger partial charge in [-0.3, -0.25) is 0 Å². The van der Waals surface area contributed by atoms with Crippen molar-refractivity contribution in [2.45, 2.75) is 33.9 Å². The van der Waals surface area contributed by atoms with Gasteiger partial charge in [-0.05, 0) is 67.7 Å². The molecule has 5 heteroatoms. The number of methoxy groups -OCH3 is 1. The Morgan fingerprint density at radius 1 is 1.15 bits per heavy atom. The van der Waals surface area contributed by atoms with Gasteiger partial charge in [-0.15, -0.1) is 0 Å². The first-order valence-corrected chi connectivity index (χ1v) is 7.80. The summed E-state index contributed by atoms with van der Waals surface area (Å²) in [5, 5.41) is 8.40. The number of benzene rings is 1. The molecule has 26 heavy (non-hydrogen) atoms. The van der Waals surface area contributed by atoms with E-state index in [1.165, 1.54) is 12.1 Å². The smallest absolute Gasteiger partial charge is 0.424 e. The third-order valence-corrected chi connectivity index (χ3v) is 3.86. The second-order valence-corrected chi connectivity index (χ2v) is 5.74. The minimum absolute atomic E-state index is 0.402. The lowest BCUT2D eigenvalue weighted by Crippen LogP contribution is -2.09. The molecule has 0 aromatic heterocycles. The highest BCUT2D eigenvalue weighted by atomic mass is 19.4. The van der Waals surface area contributed by atoms with Crippen molar-refractivity contribution in [3.63, 3.8) is 0 Å². The molecule has 0 aliphatic heterocycles. The van der Waals surface area contributed by atoms with Gasteiger partial charge in [0.25, 0.3) is 0 Å². The second-order valence-electron chi connectivity index (χ2n) is 5.74. The zero-order chi connectivity index (χ0) is 19.9. The van der Waals surface area contributed by atoms with Gasteiger partial charge in [-0.2, -0.15) is 18.4 Å². The normalized spacial score (nSPS) is 12.6. The fraction of sp³-hybridized carbons (Fsp3) is 0.286. The van der Waals surface area contributed by atoms with Crippen LogP contribution < -0.4 is 4.74 Å². The van der Waals surface area contributed by atoms with Crippen LogP contribution in [-0.2, 0) is 0 Å². The molecular formula is C21H20F3NO. The third kappa shape index (κ3) is 5.57. The van der Waals surface area contributed by atoms with Crippen molar-refractivity contribution in [1.29, 1.82) is 5.26 Å². The van der Waals surface area contributed by atoms with E-state index in [1.807, 2.05) is 38.8 Å². The Morgan fingerprint density at radius 3 is 2.35 bits per heavy atom. The summed E-state index contributed by atoms with van der Waals surface area (Å²) in [6.45, 7) is 7.67. The standard InChI is InChI=1S/C21H20F3NO/c1-14(7-6-8-18(11-12-25)21(22,23)24)9-10-19-15(2)13-20(26-5)17(4)16(19)3/h7,9-11,13H,1-5H3/b10-9+,14-7+,18-11+. The highest BCUT2D eigenvalue weighted by molar-refractivity contribution is 5.64. The van der Waals surface area contributed by atoms with Gasteiger partial charge in [0.15, 0.2) is 0 Å². The van der Waals surface area contributed by atoms with Gasteiger partial charge in [0.05, 0.1) is 13.2 Å². The summed E-state index contributed by atoms with van der Waals surface area (Å²) in [5.41, 5.74) is 3.72. The number of hydrogen-bond acceptors (Lipinski definition) is 2. The predicted molar refractivity (Wildman–Crippen MR) is 97.5 cm³/mol. The highest BCUT2D eigenvalue weighted by Crippen LogP contribution is 2.28. The minimum atomic E-state index is -4.63. The van der Waals surface area contributed by atoms with Crippen molar-refractivity contribution in [2.24, 2.45) is 0 Å². The largest absolute Gasteiger partial charge is 0.496 e. The molecule has 1 aromatic rings. The molecule has 1 rings (SSSR count). The maximum atomic E-state index is 12.6. The van der Waals surface area contributed by atoms with Gasteiger partial charge < -0.3 is 4.74 Å². The lowest BCUT2D eigenvalue weighted by atomic mass is 9.96. The zero-order valence-corrected chi connectivity index (χ0v) is 15.4. The molecule has 0 aliphatic rings. The number of rotatable bonds is 3. The molecule has 0 heterocycles. The van der Waals surface area contributed by atoms with Crippen LogP contribution in [-0.4, -0.2) is 13.3 Å². The number of nitrogens with zero attached hydrogens (tertiary/aromatic N) is 1. The van der Waals surface area contributed by atoms with Crippen LogP contribution in [0.3, 0.4) is 0 Å². The molecule has 136 valence electrons. The van der Waals surface area contributed by atoms with Crippen LogP contribution in [0.25, 0.3) is 6.08 Å². The molecule has 1 aromatic carbocycles. The average Bonchev–Trinajstić information content (AvgIpc) is 2.56. The summed E-state index contributed by atoms with van der Waals surface area (Å²) in [7, 11) is 1.62. The Kier molecular flexibility index (Phi) is 7.28. The Morgan fingerprint density at radius 2 is 1.81 bits per heavy atom. The van der Waals surface area contributed by atoms with E-state index in [0.29, 0.717) is 11.6 Å². The molecule has 0 bridgehead atoms. The molecule has 0 unspecified atom stereocenters. The van der Waals surface area contributed by atoms with Gasteiger partial charge in [0, 0.05) is 6.08 Å². The summed E-state index contributed by atoms with van der Waals surface area (Å²) >= 11 is 0. The fourth-order valence-corrected chi connectivity index (χ4v) is 2.28. The molecular weight excluding hydrogens is 339 g/mol. The first kappa shape index (κ1) is 21.1. The number of alkyl halides is 3. The molecule has 2 nitrogen and oxygen atoms in total. The van der Waals surface area contributed by atoms with Crippen molar-refractivity contribution in [3.8, 4) is 23.7 Å². The molecule has 0 radical (unpaired) electrons. The van der Waals surface area contributed by atoms with Gasteiger partial charge >= 0.3 is 6.18 Å². The molecule has 0 amide bonds. The summed E-state index contributed by atoms with van der Waals surface area (Å²) < 4.78 is 43.2. The number of aryl methyl sites for hydroxylation is 1. The molecule has 0 saturated carbocycles. The van der Waals surface area contributed by atoms with Crippen LogP contribution in [0, 0.1) is 43.9 Å². The van der Waals surface area contributed by atoms with Gasteiger partial charge in [0.1, 0.15) is 11.3 Å². The number of ether oxygens (including phenoxy) is 1. The van der Waals surface area contributed by atoms with Crippen molar-refractivity contribution in [3.05, 3.63) is 57.7 Å². The SMILES string of the molecule is COc1cc(C)c(/C=C/C(C)=C/C#C/C(=C\C#N)C(F)(F)F)c(C)c1C. The van der Waals surface area contributed by atoms with Gasteiger partial charge in [0.2, 0.25) is 0 Å². The first-order valence-electron chi connectivity index (χ1n) is 7.80. The lowest BCUT2D eigenvalue weighted by Gasteiger charge is -2.13. The Balaban J connectivity index is 3.10. The van der Waals surface area contributed by atoms with Crippen LogP contribution in [0.5, 0.6) is 5.75 Å². The van der Waals surface area contributed by atoms with E-state index in [0.717, 1.165) is 28.0 Å². The Hall–Kier alpha value is -2.92. The highest BCUT2D eigenvalue weighted by Gasteiger charge is 2.32. The molecule has 0 N–H and O–H groups in total. The van der Waals surface area contributed by atoms with Crippen molar-refractivity contribution < 1.29 is 17.9 Å². The van der Waals surface area contributed by atoms with Crippen molar-refractivity contribution in [2.75, 3.05) is 7.11 Å². The number of halogens is 3. The van der Waals surface area contributed by atoms with E-state index in [2.05, 4.69) is 5.92 Å². The van der Waals surface area contributed by atoms with Crippen LogP contribution in [0.15, 0.2) is 35.4 Å². The first-order chi connectivity index (χ1) is 12.1. The van der Waals surface area contributed by atoms with Gasteiger partial charge in [-0.1, -0.05) is 24.0 Å². The Labute approximate surface area is 152 Å². The van der Waals surface area contributed by atoms with Crippen molar-refractivity contribution >= 4 is 6.08 Å². The fourth-order valence-electron chi connectivity index (χ4n) is 2.28. The van der Waals surface area contributed by atoms with Gasteiger partial charge in [-0.25, -0.2) is 0 Å². The molecule has 0 saturated heterocycles. The maximum Gasteiger partial charge on any atom is 0.424 e. The predicted octanol–water partition coefficient (Wildman–Crippen LogP) is 5.60. The number of nitriles is 1. The monoisotopic (exact) mass is 359 g/mol. The zero-order valence-electron chi connectivity index (χ0n) is 15.4. The molecule has 0 aliphatic carbocycles. The second kappa shape index (κ2) is 8.97. The quantitative estimate of drug-likeness (QED) is 0.400. The summed E-state index contributed by atoms with van der Waals surface area (Å²) in [5.74, 6) is 5.14. The minimum Gasteiger partial charge on any atom is -0.496 e.